The van der Waals surface area contributed by atoms with Crippen LogP contribution in [0.15, 0.2) is 107 Å². The molecule has 0 spiro atoms. The van der Waals surface area contributed by atoms with Crippen LogP contribution in [0.2, 0.25) is 0 Å². The van der Waals surface area contributed by atoms with Gasteiger partial charge in [-0.3, -0.25) is 14.3 Å². The molecular formula is C40H52N3O9PS. The van der Waals surface area contributed by atoms with Gasteiger partial charge in [0.15, 0.2) is 0 Å². The average molecular weight is 782 g/mol. The number of aryl methyl sites for hydroxylation is 1. The second-order valence-electron chi connectivity index (χ2n) is 12.5. The van der Waals surface area contributed by atoms with Gasteiger partial charge in [-0.25, -0.2) is 4.79 Å². The molecule has 2 heterocycles. The van der Waals surface area contributed by atoms with E-state index in [1.165, 1.54) is 36.5 Å². The summed E-state index contributed by atoms with van der Waals surface area (Å²) in [7, 11) is 3.20. The molecule has 5 rings (SSSR count). The Morgan fingerprint density at radius 2 is 1.48 bits per heavy atom. The third-order valence-electron chi connectivity index (χ3n) is 9.24. The largest absolute Gasteiger partial charge is 0.497 e. The summed E-state index contributed by atoms with van der Waals surface area (Å²) < 4.78 is 37.0. The minimum atomic E-state index is -3.75. The van der Waals surface area contributed by atoms with Gasteiger partial charge in [0.05, 0.1) is 33.5 Å². The van der Waals surface area contributed by atoms with Crippen LogP contribution in [0.3, 0.4) is 0 Å². The van der Waals surface area contributed by atoms with Crippen LogP contribution >= 0.6 is 6.72 Å². The van der Waals surface area contributed by atoms with Crippen molar-refractivity contribution < 1.29 is 32.9 Å². The molecule has 0 aliphatic carbocycles. The number of aromatic amines is 1. The molecule has 292 valence electrons. The van der Waals surface area contributed by atoms with E-state index in [-0.39, 0.29) is 19.6 Å². The molecule has 1 aromatic heterocycles. The number of hydrogen-bond acceptors (Lipinski definition) is 10. The molecule has 0 radical (unpaired) electrons. The van der Waals surface area contributed by atoms with Crippen LogP contribution in [0.4, 0.5) is 0 Å². The fourth-order valence-electron chi connectivity index (χ4n) is 6.23. The topological polar surface area (TPSA) is 134 Å². The van der Waals surface area contributed by atoms with E-state index < -0.39 is 42.0 Å². The summed E-state index contributed by atoms with van der Waals surface area (Å²) in [6, 6.07) is 24.9. The molecule has 0 saturated carbocycles. The number of methoxy groups -OCH3 is 2. The van der Waals surface area contributed by atoms with Crippen molar-refractivity contribution >= 4 is 18.5 Å². The van der Waals surface area contributed by atoms with E-state index in [1.54, 1.807) is 21.1 Å². The van der Waals surface area contributed by atoms with E-state index in [1.807, 2.05) is 78.9 Å². The maximum atomic E-state index is 12.8. The van der Waals surface area contributed by atoms with Crippen LogP contribution in [0.1, 0.15) is 55.7 Å². The number of nitrogens with one attached hydrogen (secondary N) is 1. The van der Waals surface area contributed by atoms with Crippen LogP contribution < -0.4 is 20.7 Å². The standard InChI is InChI=1S/C34H37N2O9PS.C6H15N/c1-5-19-43-46(39,47)45-29-20-31(36-21-23(2)32(37)35-33(36)38)44-30(29)22-42-34(24-9-7-6-8-10-24,25-11-15-27(40-3)16-12-25)26-13-17-28(41-4)18-14-26;1-4-7(5-2)6-3/h5-18,21,29-31H,1,19-20,22H2,2-4H3,(H,39,47)(H,35,37,38);4-6H2,1-3H3/t29-,30+,31+,46?;/m0./s1. The van der Waals surface area contributed by atoms with Gasteiger partial charge in [-0.05, 0) is 79.3 Å². The monoisotopic (exact) mass is 781 g/mol. The van der Waals surface area contributed by atoms with E-state index in [0.29, 0.717) is 17.1 Å². The lowest BCUT2D eigenvalue weighted by molar-refractivity contribution is -0.0927. The lowest BCUT2D eigenvalue weighted by Crippen LogP contribution is -2.38. The molecule has 4 aromatic rings. The summed E-state index contributed by atoms with van der Waals surface area (Å²) >= 11 is 5.29. The second kappa shape index (κ2) is 20.1. The smallest absolute Gasteiger partial charge is 0.330 e. The first kappa shape index (κ1) is 42.8. The highest BCUT2D eigenvalue weighted by molar-refractivity contribution is 8.07. The van der Waals surface area contributed by atoms with Crippen molar-refractivity contribution in [3.8, 4) is 11.5 Å². The molecule has 2 N–H and O–H groups in total. The zero-order chi connectivity index (χ0) is 39.3. The first-order valence-corrected chi connectivity index (χ1v) is 20.5. The maximum absolute atomic E-state index is 12.8. The van der Waals surface area contributed by atoms with E-state index in [9.17, 15) is 14.5 Å². The highest BCUT2D eigenvalue weighted by Gasteiger charge is 2.44. The summed E-state index contributed by atoms with van der Waals surface area (Å²) in [5.74, 6) is 1.35. The quantitative estimate of drug-likeness (QED) is 0.0710. The Balaban J connectivity index is 0.000000845. The van der Waals surface area contributed by atoms with Crippen molar-refractivity contribution in [2.24, 2.45) is 0 Å². The number of nitrogens with zero attached hydrogens (tertiary/aromatic N) is 2. The number of hydrogen-bond donors (Lipinski definition) is 2. The van der Waals surface area contributed by atoms with Gasteiger partial charge in [0.25, 0.3) is 5.56 Å². The Hall–Kier alpha value is -3.91. The third-order valence-corrected chi connectivity index (χ3v) is 10.8. The average Bonchev–Trinajstić information content (AvgIpc) is 3.58. The second-order valence-corrected chi connectivity index (χ2v) is 15.3. The van der Waals surface area contributed by atoms with E-state index in [4.69, 9.17) is 39.8 Å². The van der Waals surface area contributed by atoms with Crippen LogP contribution in [0.5, 0.6) is 11.5 Å². The molecule has 1 unspecified atom stereocenters. The lowest BCUT2D eigenvalue weighted by atomic mass is 9.80. The molecule has 14 heteroatoms. The summed E-state index contributed by atoms with van der Waals surface area (Å²) in [6.07, 6.45) is 0.451. The van der Waals surface area contributed by atoms with Gasteiger partial charge in [-0.2, -0.15) is 0 Å². The van der Waals surface area contributed by atoms with E-state index in [2.05, 4.69) is 37.2 Å². The highest BCUT2D eigenvalue weighted by atomic mass is 32.5. The van der Waals surface area contributed by atoms with E-state index >= 15 is 0 Å². The summed E-state index contributed by atoms with van der Waals surface area (Å²) in [4.78, 5) is 40.5. The first-order valence-electron chi connectivity index (χ1n) is 17.9. The molecule has 12 nitrogen and oxygen atoms in total. The van der Waals surface area contributed by atoms with Crippen molar-refractivity contribution in [3.63, 3.8) is 0 Å². The summed E-state index contributed by atoms with van der Waals surface area (Å²) in [5.41, 5.74) is 0.451. The number of rotatable bonds is 17. The predicted octanol–water partition coefficient (Wildman–Crippen LogP) is 6.31. The number of benzene rings is 3. The van der Waals surface area contributed by atoms with Gasteiger partial charge in [0.1, 0.15) is 29.4 Å². The van der Waals surface area contributed by atoms with Crippen LogP contribution in [-0.2, 0) is 35.9 Å². The van der Waals surface area contributed by atoms with E-state index in [0.717, 1.165) is 16.7 Å². The number of ether oxygens (including phenoxy) is 4. The minimum Gasteiger partial charge on any atom is -0.497 e. The van der Waals surface area contributed by atoms with Crippen LogP contribution in [0.25, 0.3) is 0 Å². The fourth-order valence-corrected chi connectivity index (χ4v) is 7.67. The normalized spacial score (nSPS) is 18.0. The van der Waals surface area contributed by atoms with Crippen LogP contribution in [0, 0.1) is 6.92 Å². The fraction of sp³-hybridized carbons (Fsp3) is 0.400. The Kier molecular flexibility index (Phi) is 16.0. The molecular weight excluding hydrogens is 729 g/mol. The van der Waals surface area contributed by atoms with Gasteiger partial charge in [0.2, 0.25) is 0 Å². The predicted molar refractivity (Wildman–Crippen MR) is 214 cm³/mol. The molecule has 1 fully saturated rings. The minimum absolute atomic E-state index is 0.0173. The first-order chi connectivity index (χ1) is 25.9. The molecule has 0 amide bonds. The molecule has 1 saturated heterocycles. The maximum Gasteiger partial charge on any atom is 0.330 e. The van der Waals surface area contributed by atoms with Gasteiger partial charge < -0.3 is 37.8 Å². The summed E-state index contributed by atoms with van der Waals surface area (Å²) in [6.45, 7) is 11.5. The Bertz CT molecular complexity index is 1880. The molecule has 3 aromatic carbocycles. The molecule has 4 atom stereocenters. The van der Waals surface area contributed by atoms with Gasteiger partial charge >= 0.3 is 12.4 Å². The lowest BCUT2D eigenvalue weighted by Gasteiger charge is -2.37. The van der Waals surface area contributed by atoms with Crippen molar-refractivity contribution in [2.75, 3.05) is 47.1 Å². The van der Waals surface area contributed by atoms with Crippen molar-refractivity contribution in [1.29, 1.82) is 0 Å². The molecule has 1 aliphatic heterocycles. The number of H-pyrrole nitrogens is 1. The van der Waals surface area contributed by atoms with Crippen molar-refractivity contribution in [2.45, 2.75) is 58.2 Å². The molecule has 1 aliphatic rings. The highest BCUT2D eigenvalue weighted by Crippen LogP contribution is 2.49. The Morgan fingerprint density at radius 1 is 0.944 bits per heavy atom. The zero-order valence-electron chi connectivity index (χ0n) is 31.8. The Labute approximate surface area is 322 Å². The molecule has 54 heavy (non-hydrogen) atoms. The van der Waals surface area contributed by atoms with Crippen molar-refractivity contribution in [1.82, 2.24) is 14.5 Å². The Morgan fingerprint density at radius 3 is 1.96 bits per heavy atom. The van der Waals surface area contributed by atoms with Crippen LogP contribution in [-0.4, -0.2) is 78.6 Å². The SMILES string of the molecule is C=CCOP(O)(=S)O[C@H]1C[C@H](n2cc(C)c(=O)[nH]c2=O)O[C@@H]1COC(c1ccccc1)(c1ccc(OC)cc1)c1ccc(OC)cc1.CCN(CC)CC. The zero-order valence-corrected chi connectivity index (χ0v) is 33.5. The van der Waals surface area contributed by atoms with Crippen molar-refractivity contribution in [3.05, 3.63) is 141 Å². The van der Waals surface area contributed by atoms with Gasteiger partial charge in [-0.15, -0.1) is 6.58 Å². The summed E-state index contributed by atoms with van der Waals surface area (Å²) in [5, 5.41) is 0. The molecule has 0 bridgehead atoms. The van der Waals surface area contributed by atoms with Gasteiger partial charge in [0, 0.05) is 18.2 Å². The number of aromatic nitrogens is 2. The van der Waals surface area contributed by atoms with Gasteiger partial charge in [-0.1, -0.05) is 81.4 Å². The third kappa shape index (κ3) is 10.6.